The minimum absolute atomic E-state index is 0.0566. The highest BCUT2D eigenvalue weighted by molar-refractivity contribution is 9.10. The van der Waals surface area contributed by atoms with Crippen molar-refractivity contribution in [2.24, 2.45) is 0 Å². The number of H-pyrrole nitrogens is 1. The third-order valence-electron chi connectivity index (χ3n) is 3.25. The Morgan fingerprint density at radius 3 is 3.06 bits per heavy atom. The predicted octanol–water partition coefficient (Wildman–Crippen LogP) is 2.91. The summed E-state index contributed by atoms with van der Waals surface area (Å²) in [5, 5.41) is 2.89. The van der Waals surface area contributed by atoms with Crippen LogP contribution in [0.1, 0.15) is 18.9 Å². The maximum Gasteiger partial charge on any atom is 0.243 e. The van der Waals surface area contributed by atoms with E-state index in [4.69, 9.17) is 12.2 Å². The number of amides is 1. The van der Waals surface area contributed by atoms with Gasteiger partial charge in [-0.25, -0.2) is 0 Å². The average Bonchev–Trinajstić information content (AvgIpc) is 2.65. The fraction of sp³-hybridized carbons (Fsp3) is 0.333. The van der Waals surface area contributed by atoms with Crippen LogP contribution in [0, 0.1) is 4.77 Å². The first-order valence-corrected chi connectivity index (χ1v) is 7.04. The summed E-state index contributed by atoms with van der Waals surface area (Å²) in [6.45, 7) is 0.760. The molecule has 0 saturated carbocycles. The van der Waals surface area contributed by atoms with Crippen LogP contribution in [-0.2, 0) is 4.79 Å². The lowest BCUT2D eigenvalue weighted by molar-refractivity contribution is -0.125. The highest BCUT2D eigenvalue weighted by Gasteiger charge is 2.25. The molecule has 1 aromatic heterocycles. The van der Waals surface area contributed by atoms with Crippen molar-refractivity contribution in [1.29, 1.82) is 0 Å². The summed E-state index contributed by atoms with van der Waals surface area (Å²) in [4.78, 5) is 15.1. The summed E-state index contributed by atoms with van der Waals surface area (Å²) >= 11 is 8.77. The highest BCUT2D eigenvalue weighted by atomic mass is 79.9. The number of nitrogens with one attached hydrogen (secondary N) is 2. The number of fused-ring (bicyclic) bond motifs is 1. The van der Waals surface area contributed by atoms with Crippen LogP contribution in [-0.4, -0.2) is 22.0 Å². The number of benzene rings is 1. The number of imidazole rings is 1. The smallest absolute Gasteiger partial charge is 0.243 e. The summed E-state index contributed by atoms with van der Waals surface area (Å²) in [5.41, 5.74) is 1.93. The maximum absolute atomic E-state index is 12.0. The van der Waals surface area contributed by atoms with E-state index < -0.39 is 0 Å². The molecule has 0 aliphatic carbocycles. The van der Waals surface area contributed by atoms with Gasteiger partial charge in [0.2, 0.25) is 5.91 Å². The van der Waals surface area contributed by atoms with E-state index in [0.717, 1.165) is 34.9 Å². The Balaban J connectivity index is 2.19. The van der Waals surface area contributed by atoms with E-state index in [0.29, 0.717) is 4.77 Å². The lowest BCUT2D eigenvalue weighted by Crippen LogP contribution is -2.37. The maximum atomic E-state index is 12.0. The number of carbonyl (C=O) groups excluding carboxylic acids is 1. The molecule has 2 heterocycles. The van der Waals surface area contributed by atoms with Crippen LogP contribution in [0.4, 0.5) is 0 Å². The number of aromatic nitrogens is 2. The fourth-order valence-corrected chi connectivity index (χ4v) is 3.11. The number of aromatic amines is 1. The van der Waals surface area contributed by atoms with Crippen molar-refractivity contribution in [3.8, 4) is 0 Å². The zero-order valence-electron chi connectivity index (χ0n) is 9.57. The van der Waals surface area contributed by atoms with Gasteiger partial charge in [0, 0.05) is 11.0 Å². The van der Waals surface area contributed by atoms with E-state index in [1.54, 1.807) is 0 Å². The van der Waals surface area contributed by atoms with Gasteiger partial charge in [-0.05, 0) is 43.3 Å². The number of halogens is 1. The highest BCUT2D eigenvalue weighted by Crippen LogP contribution is 2.26. The molecule has 1 atom stereocenters. The molecule has 1 fully saturated rings. The molecule has 1 aliphatic rings. The Labute approximate surface area is 118 Å². The normalized spacial score (nSPS) is 20.1. The number of carbonyl (C=O) groups is 1. The van der Waals surface area contributed by atoms with Gasteiger partial charge in [0.15, 0.2) is 4.77 Å². The molecule has 1 aliphatic heterocycles. The second-order valence-corrected chi connectivity index (χ2v) is 5.71. The SMILES string of the molecule is O=C1NCCCC1n1c(=S)[nH]c2cc(Br)ccc21. The largest absolute Gasteiger partial charge is 0.354 e. The number of piperidine rings is 1. The number of hydrogen-bond donors (Lipinski definition) is 2. The Hall–Kier alpha value is -1.14. The standard InChI is InChI=1S/C12H12BrN3OS/c13-7-3-4-9-8(6-7)15-12(18)16(9)10-2-1-5-14-11(10)17/h3-4,6,10H,1-2,5H2,(H,14,17)(H,15,18). The molecule has 18 heavy (non-hydrogen) atoms. The van der Waals surface area contributed by atoms with Gasteiger partial charge in [0.25, 0.3) is 0 Å². The Morgan fingerprint density at radius 2 is 2.28 bits per heavy atom. The molecule has 6 heteroatoms. The molecule has 0 bridgehead atoms. The third-order valence-corrected chi connectivity index (χ3v) is 4.04. The monoisotopic (exact) mass is 325 g/mol. The molecule has 1 unspecified atom stereocenters. The molecule has 2 aromatic rings. The van der Waals surface area contributed by atoms with Crippen molar-refractivity contribution >= 4 is 45.1 Å². The average molecular weight is 326 g/mol. The molecule has 3 rings (SSSR count). The minimum atomic E-state index is -0.193. The summed E-state index contributed by atoms with van der Waals surface area (Å²) < 4.78 is 3.52. The molecule has 0 spiro atoms. The summed E-state index contributed by atoms with van der Waals surface area (Å²) in [5.74, 6) is 0.0566. The molecule has 4 nitrogen and oxygen atoms in total. The lowest BCUT2D eigenvalue weighted by atomic mass is 10.1. The fourth-order valence-electron chi connectivity index (χ4n) is 2.41. The van der Waals surface area contributed by atoms with Gasteiger partial charge in [-0.1, -0.05) is 15.9 Å². The van der Waals surface area contributed by atoms with E-state index >= 15 is 0 Å². The first-order chi connectivity index (χ1) is 8.66. The van der Waals surface area contributed by atoms with E-state index in [-0.39, 0.29) is 11.9 Å². The van der Waals surface area contributed by atoms with Gasteiger partial charge in [-0.15, -0.1) is 0 Å². The second-order valence-electron chi connectivity index (χ2n) is 4.41. The van der Waals surface area contributed by atoms with Gasteiger partial charge in [-0.2, -0.15) is 0 Å². The third kappa shape index (κ3) is 1.89. The first kappa shape index (κ1) is 11.9. The van der Waals surface area contributed by atoms with Crippen LogP contribution in [0.5, 0.6) is 0 Å². The number of rotatable bonds is 1. The molecular weight excluding hydrogens is 314 g/mol. The lowest BCUT2D eigenvalue weighted by Gasteiger charge is -2.23. The van der Waals surface area contributed by atoms with Gasteiger partial charge in [-0.3, -0.25) is 4.79 Å². The quantitative estimate of drug-likeness (QED) is 0.792. The Morgan fingerprint density at radius 1 is 1.44 bits per heavy atom. The first-order valence-electron chi connectivity index (χ1n) is 5.84. The zero-order chi connectivity index (χ0) is 12.7. The van der Waals surface area contributed by atoms with Crippen LogP contribution >= 0.6 is 28.1 Å². The molecule has 1 saturated heterocycles. The topological polar surface area (TPSA) is 49.8 Å². The van der Waals surface area contributed by atoms with Crippen molar-refractivity contribution in [3.63, 3.8) is 0 Å². The van der Waals surface area contributed by atoms with Gasteiger partial charge < -0.3 is 14.9 Å². The van der Waals surface area contributed by atoms with Crippen molar-refractivity contribution < 1.29 is 4.79 Å². The molecule has 1 aromatic carbocycles. The molecule has 94 valence electrons. The van der Waals surface area contributed by atoms with Crippen LogP contribution in [0.25, 0.3) is 11.0 Å². The van der Waals surface area contributed by atoms with Crippen LogP contribution in [0.2, 0.25) is 0 Å². The van der Waals surface area contributed by atoms with Gasteiger partial charge in [0.1, 0.15) is 6.04 Å². The van der Waals surface area contributed by atoms with Gasteiger partial charge in [0.05, 0.1) is 11.0 Å². The minimum Gasteiger partial charge on any atom is -0.354 e. The Kier molecular flexibility index (Phi) is 2.99. The van der Waals surface area contributed by atoms with Crippen molar-refractivity contribution in [1.82, 2.24) is 14.9 Å². The Bertz CT molecular complexity index is 676. The molecule has 0 radical (unpaired) electrons. The molecular formula is C12H12BrN3OS. The summed E-state index contributed by atoms with van der Waals surface area (Å²) in [6, 6.07) is 5.72. The van der Waals surface area contributed by atoms with Crippen molar-refractivity contribution in [3.05, 3.63) is 27.4 Å². The van der Waals surface area contributed by atoms with Crippen LogP contribution in [0.15, 0.2) is 22.7 Å². The summed E-state index contributed by atoms with van der Waals surface area (Å²) in [6.07, 6.45) is 1.82. The van der Waals surface area contributed by atoms with E-state index in [9.17, 15) is 4.79 Å². The predicted molar refractivity (Wildman–Crippen MR) is 76.1 cm³/mol. The van der Waals surface area contributed by atoms with Crippen molar-refractivity contribution in [2.45, 2.75) is 18.9 Å². The van der Waals surface area contributed by atoms with Crippen LogP contribution in [0.3, 0.4) is 0 Å². The summed E-state index contributed by atoms with van der Waals surface area (Å²) in [7, 11) is 0. The van der Waals surface area contributed by atoms with Crippen LogP contribution < -0.4 is 5.32 Å². The van der Waals surface area contributed by atoms with Crippen molar-refractivity contribution in [2.75, 3.05) is 6.54 Å². The van der Waals surface area contributed by atoms with Gasteiger partial charge >= 0.3 is 0 Å². The van der Waals surface area contributed by atoms with E-state index in [1.807, 2.05) is 22.8 Å². The number of hydrogen-bond acceptors (Lipinski definition) is 2. The second kappa shape index (κ2) is 4.51. The van der Waals surface area contributed by atoms with E-state index in [1.165, 1.54) is 0 Å². The molecule has 1 amide bonds. The number of nitrogens with zero attached hydrogens (tertiary/aromatic N) is 1. The molecule has 2 N–H and O–H groups in total. The zero-order valence-corrected chi connectivity index (χ0v) is 12.0. The van der Waals surface area contributed by atoms with E-state index in [2.05, 4.69) is 26.2 Å².